The molecule has 0 atom stereocenters. The molecule has 2 aromatic heterocycles. The number of hydrogen-bond acceptors (Lipinski definition) is 5. The zero-order valence-corrected chi connectivity index (χ0v) is 15.4. The maximum atomic E-state index is 12.8. The standard InChI is InChI=1S/C17H23F3N6O/c1-10-12(5-6-13(27)24-16(9-21)7-3-4-8-16)11(2)26-15(22-10)23-14(25-26)17(18,19)20/h3-9,21H2,1-2H3,(H,24,27). The second-order valence-electron chi connectivity index (χ2n) is 7.15. The third kappa shape index (κ3) is 3.90. The van der Waals surface area contributed by atoms with Gasteiger partial charge in [0.05, 0.1) is 5.54 Å². The highest BCUT2D eigenvalue weighted by Gasteiger charge is 2.37. The minimum Gasteiger partial charge on any atom is -0.349 e. The molecule has 27 heavy (non-hydrogen) atoms. The number of alkyl halides is 3. The lowest BCUT2D eigenvalue weighted by Crippen LogP contribution is -2.51. The molecular weight excluding hydrogens is 361 g/mol. The number of nitrogens with zero attached hydrogens (tertiary/aromatic N) is 4. The van der Waals surface area contributed by atoms with E-state index in [0.717, 1.165) is 30.2 Å². The molecule has 3 N–H and O–H groups in total. The maximum Gasteiger partial charge on any atom is 0.453 e. The maximum absolute atomic E-state index is 12.8. The number of aryl methyl sites for hydroxylation is 2. The molecule has 1 amide bonds. The largest absolute Gasteiger partial charge is 0.453 e. The van der Waals surface area contributed by atoms with Crippen LogP contribution in [0.1, 0.15) is 54.9 Å². The summed E-state index contributed by atoms with van der Waals surface area (Å²) in [6.45, 7) is 3.76. The van der Waals surface area contributed by atoms with E-state index < -0.39 is 12.0 Å². The molecule has 148 valence electrons. The number of aromatic nitrogens is 4. The van der Waals surface area contributed by atoms with Gasteiger partial charge in [0, 0.05) is 24.4 Å². The third-order valence-electron chi connectivity index (χ3n) is 5.26. The van der Waals surface area contributed by atoms with Crippen molar-refractivity contribution >= 4 is 11.7 Å². The van der Waals surface area contributed by atoms with E-state index in [1.54, 1.807) is 13.8 Å². The quantitative estimate of drug-likeness (QED) is 0.823. The Morgan fingerprint density at radius 2 is 1.93 bits per heavy atom. The minimum absolute atomic E-state index is 0.0985. The van der Waals surface area contributed by atoms with E-state index in [1.807, 2.05) is 0 Å². The second-order valence-corrected chi connectivity index (χ2v) is 7.15. The molecule has 1 fully saturated rings. The molecule has 3 rings (SSSR count). The van der Waals surface area contributed by atoms with Gasteiger partial charge in [-0.05, 0) is 38.7 Å². The van der Waals surface area contributed by atoms with Crippen molar-refractivity contribution < 1.29 is 18.0 Å². The van der Waals surface area contributed by atoms with Crippen LogP contribution >= 0.6 is 0 Å². The Morgan fingerprint density at radius 1 is 1.26 bits per heavy atom. The predicted molar refractivity (Wildman–Crippen MR) is 92.0 cm³/mol. The van der Waals surface area contributed by atoms with Crippen molar-refractivity contribution in [2.24, 2.45) is 5.73 Å². The van der Waals surface area contributed by atoms with E-state index in [9.17, 15) is 18.0 Å². The van der Waals surface area contributed by atoms with E-state index in [0.29, 0.717) is 29.9 Å². The fraction of sp³-hybridized carbons (Fsp3) is 0.647. The number of carbonyl (C=O) groups is 1. The van der Waals surface area contributed by atoms with Crippen LogP contribution in [0.3, 0.4) is 0 Å². The molecule has 10 heteroatoms. The third-order valence-corrected chi connectivity index (χ3v) is 5.26. The first-order chi connectivity index (χ1) is 12.6. The Kier molecular flexibility index (Phi) is 5.11. The van der Waals surface area contributed by atoms with Crippen LogP contribution in [0.2, 0.25) is 0 Å². The van der Waals surface area contributed by atoms with Crippen molar-refractivity contribution in [3.05, 3.63) is 22.8 Å². The molecular formula is C17H23F3N6O. The van der Waals surface area contributed by atoms with Gasteiger partial charge in [-0.2, -0.15) is 18.2 Å². The van der Waals surface area contributed by atoms with Crippen molar-refractivity contribution in [1.82, 2.24) is 24.9 Å². The zero-order valence-electron chi connectivity index (χ0n) is 15.4. The smallest absolute Gasteiger partial charge is 0.349 e. The van der Waals surface area contributed by atoms with Gasteiger partial charge in [-0.3, -0.25) is 4.79 Å². The predicted octanol–water partition coefficient (Wildman–Crippen LogP) is 2.08. The van der Waals surface area contributed by atoms with Crippen LogP contribution in [0.4, 0.5) is 13.2 Å². The Balaban J connectivity index is 1.77. The zero-order chi connectivity index (χ0) is 19.8. The lowest BCUT2D eigenvalue weighted by molar-refractivity contribution is -0.144. The summed E-state index contributed by atoms with van der Waals surface area (Å²) in [5.74, 6) is -1.44. The summed E-state index contributed by atoms with van der Waals surface area (Å²) in [6.07, 6.45) is -0.230. The number of halogens is 3. The summed E-state index contributed by atoms with van der Waals surface area (Å²) in [6, 6.07) is 0. The minimum atomic E-state index is -4.63. The van der Waals surface area contributed by atoms with Crippen molar-refractivity contribution in [2.45, 2.75) is 64.1 Å². The van der Waals surface area contributed by atoms with Gasteiger partial charge in [0.2, 0.25) is 5.91 Å². The van der Waals surface area contributed by atoms with Crippen LogP contribution in [-0.2, 0) is 17.4 Å². The first-order valence-corrected chi connectivity index (χ1v) is 8.96. The molecule has 0 bridgehead atoms. The Morgan fingerprint density at radius 3 is 2.52 bits per heavy atom. The van der Waals surface area contributed by atoms with Gasteiger partial charge in [-0.15, -0.1) is 5.10 Å². The number of carbonyl (C=O) groups excluding carboxylic acids is 1. The van der Waals surface area contributed by atoms with Gasteiger partial charge in [0.1, 0.15) is 0 Å². The number of nitrogens with two attached hydrogens (primary N) is 1. The highest BCUT2D eigenvalue weighted by atomic mass is 19.4. The van der Waals surface area contributed by atoms with E-state index in [-0.39, 0.29) is 23.6 Å². The first-order valence-electron chi connectivity index (χ1n) is 8.96. The SMILES string of the molecule is Cc1nc2nc(C(F)(F)F)nn2c(C)c1CCC(=O)NC1(CN)CCCC1. The molecule has 0 aromatic carbocycles. The van der Waals surface area contributed by atoms with Gasteiger partial charge in [-0.1, -0.05) is 12.8 Å². The van der Waals surface area contributed by atoms with E-state index in [2.05, 4.69) is 20.4 Å². The van der Waals surface area contributed by atoms with E-state index in [4.69, 9.17) is 5.73 Å². The highest BCUT2D eigenvalue weighted by molar-refractivity contribution is 5.77. The first kappa shape index (κ1) is 19.5. The van der Waals surface area contributed by atoms with Crippen molar-refractivity contribution in [2.75, 3.05) is 6.54 Å². The average molecular weight is 384 g/mol. The molecule has 0 unspecified atom stereocenters. The lowest BCUT2D eigenvalue weighted by Gasteiger charge is -2.28. The van der Waals surface area contributed by atoms with Crippen LogP contribution in [0.5, 0.6) is 0 Å². The Labute approximate surface area is 154 Å². The lowest BCUT2D eigenvalue weighted by atomic mass is 9.97. The van der Waals surface area contributed by atoms with E-state index >= 15 is 0 Å². The van der Waals surface area contributed by atoms with Gasteiger partial charge in [-0.25, -0.2) is 9.50 Å². The monoisotopic (exact) mass is 384 g/mol. The van der Waals surface area contributed by atoms with Gasteiger partial charge < -0.3 is 11.1 Å². The molecule has 2 aromatic rings. The Bertz CT molecular complexity index is 854. The molecule has 2 heterocycles. The average Bonchev–Trinajstić information content (AvgIpc) is 3.21. The molecule has 1 saturated carbocycles. The molecule has 0 spiro atoms. The summed E-state index contributed by atoms with van der Waals surface area (Å²) < 4.78 is 39.6. The van der Waals surface area contributed by atoms with Crippen LogP contribution < -0.4 is 11.1 Å². The molecule has 0 saturated heterocycles. The summed E-state index contributed by atoms with van der Waals surface area (Å²) >= 11 is 0. The number of nitrogens with one attached hydrogen (secondary N) is 1. The van der Waals surface area contributed by atoms with Crippen molar-refractivity contribution in [3.63, 3.8) is 0 Å². The molecule has 1 aliphatic rings. The molecule has 0 radical (unpaired) electrons. The van der Waals surface area contributed by atoms with Gasteiger partial charge in [0.25, 0.3) is 11.6 Å². The topological polar surface area (TPSA) is 98.2 Å². The van der Waals surface area contributed by atoms with Gasteiger partial charge >= 0.3 is 6.18 Å². The number of rotatable bonds is 5. The normalized spacial score (nSPS) is 16.8. The van der Waals surface area contributed by atoms with Crippen molar-refractivity contribution in [3.8, 4) is 0 Å². The van der Waals surface area contributed by atoms with Gasteiger partial charge in [0.15, 0.2) is 0 Å². The fourth-order valence-corrected chi connectivity index (χ4v) is 3.72. The summed E-state index contributed by atoms with van der Waals surface area (Å²) in [7, 11) is 0. The summed E-state index contributed by atoms with van der Waals surface area (Å²) in [4.78, 5) is 20.0. The molecule has 1 aliphatic carbocycles. The van der Waals surface area contributed by atoms with Crippen LogP contribution in [0.25, 0.3) is 5.78 Å². The molecule has 7 nitrogen and oxygen atoms in total. The summed E-state index contributed by atoms with van der Waals surface area (Å²) in [5.41, 5.74) is 7.26. The second kappa shape index (κ2) is 7.06. The fourth-order valence-electron chi connectivity index (χ4n) is 3.72. The number of fused-ring (bicyclic) bond motifs is 1. The van der Waals surface area contributed by atoms with Crippen molar-refractivity contribution in [1.29, 1.82) is 0 Å². The van der Waals surface area contributed by atoms with E-state index in [1.165, 1.54) is 0 Å². The van der Waals surface area contributed by atoms with Crippen LogP contribution in [0.15, 0.2) is 0 Å². The summed E-state index contributed by atoms with van der Waals surface area (Å²) in [5, 5.41) is 6.57. The van der Waals surface area contributed by atoms with Crippen LogP contribution in [0, 0.1) is 13.8 Å². The number of amides is 1. The molecule has 0 aliphatic heterocycles. The Hall–Kier alpha value is -2.23. The number of hydrogen-bond donors (Lipinski definition) is 2. The highest BCUT2D eigenvalue weighted by Crippen LogP contribution is 2.29. The van der Waals surface area contributed by atoms with Crippen LogP contribution in [-0.4, -0.2) is 37.6 Å².